The molecule has 1 aliphatic rings. The summed E-state index contributed by atoms with van der Waals surface area (Å²) in [6.07, 6.45) is 1.18. The Hall–Kier alpha value is -1.18. The van der Waals surface area contributed by atoms with Crippen molar-refractivity contribution in [2.24, 2.45) is 5.92 Å². The second-order valence-corrected chi connectivity index (χ2v) is 6.43. The third kappa shape index (κ3) is 2.21. The van der Waals surface area contributed by atoms with Crippen LogP contribution in [0.4, 0.5) is 0 Å². The number of carboxylic acids is 1. The minimum absolute atomic E-state index is 0.000654. The van der Waals surface area contributed by atoms with E-state index in [2.05, 4.69) is 4.98 Å². The molecule has 2 heterocycles. The second kappa shape index (κ2) is 4.49. The zero-order valence-electron chi connectivity index (χ0n) is 9.50. The van der Waals surface area contributed by atoms with E-state index in [0.717, 1.165) is 4.31 Å². The van der Waals surface area contributed by atoms with Crippen LogP contribution in [0.1, 0.15) is 5.56 Å². The molecule has 0 saturated carbocycles. The first-order chi connectivity index (χ1) is 8.32. The van der Waals surface area contributed by atoms with Gasteiger partial charge in [0.2, 0.25) is 10.0 Å². The number of pyridine rings is 1. The van der Waals surface area contributed by atoms with Gasteiger partial charge in [0, 0.05) is 19.3 Å². The van der Waals surface area contributed by atoms with Crippen LogP contribution in [0.25, 0.3) is 0 Å². The molecule has 6 nitrogen and oxygen atoms in total. The highest BCUT2D eigenvalue weighted by Crippen LogP contribution is 2.26. The minimum atomic E-state index is -3.66. The highest BCUT2D eigenvalue weighted by atomic mass is 35.5. The number of aryl methyl sites for hydroxylation is 1. The molecule has 0 spiro atoms. The van der Waals surface area contributed by atoms with Gasteiger partial charge in [0.1, 0.15) is 10.0 Å². The number of rotatable bonds is 3. The maximum Gasteiger partial charge on any atom is 0.309 e. The molecule has 0 bridgehead atoms. The summed E-state index contributed by atoms with van der Waals surface area (Å²) in [5.74, 6) is -1.60. The number of carboxylic acid groups (broad SMARTS) is 1. The smallest absolute Gasteiger partial charge is 0.309 e. The Balaban J connectivity index is 2.22. The van der Waals surface area contributed by atoms with Crippen LogP contribution in [-0.2, 0) is 14.8 Å². The molecule has 1 aromatic rings. The van der Waals surface area contributed by atoms with Crippen LogP contribution in [0.3, 0.4) is 0 Å². The number of sulfonamides is 1. The molecular weight excluding hydrogens is 280 g/mol. The number of hydrogen-bond acceptors (Lipinski definition) is 4. The third-order valence-corrected chi connectivity index (χ3v) is 5.02. The van der Waals surface area contributed by atoms with Crippen molar-refractivity contribution in [1.29, 1.82) is 0 Å². The van der Waals surface area contributed by atoms with Crippen molar-refractivity contribution in [2.45, 2.75) is 11.8 Å². The average molecular weight is 291 g/mol. The number of halogens is 1. The Labute approximate surface area is 109 Å². The van der Waals surface area contributed by atoms with Crippen molar-refractivity contribution in [1.82, 2.24) is 9.29 Å². The van der Waals surface area contributed by atoms with Crippen molar-refractivity contribution in [3.63, 3.8) is 0 Å². The van der Waals surface area contributed by atoms with Crippen molar-refractivity contribution >= 4 is 27.6 Å². The highest BCUT2D eigenvalue weighted by molar-refractivity contribution is 7.89. The fraction of sp³-hybridized carbons (Fsp3) is 0.400. The van der Waals surface area contributed by atoms with E-state index in [9.17, 15) is 13.2 Å². The van der Waals surface area contributed by atoms with Gasteiger partial charge in [0.05, 0.1) is 5.92 Å². The van der Waals surface area contributed by atoms with Gasteiger partial charge in [0.15, 0.2) is 0 Å². The van der Waals surface area contributed by atoms with Crippen LogP contribution in [-0.4, -0.2) is 41.9 Å². The molecular formula is C10H11ClN2O4S. The first-order valence-corrected chi connectivity index (χ1v) is 6.99. The number of aliphatic carboxylic acids is 1. The predicted molar refractivity (Wildman–Crippen MR) is 63.9 cm³/mol. The summed E-state index contributed by atoms with van der Waals surface area (Å²) in [6.45, 7) is 1.66. The Bertz CT molecular complexity index is 596. The van der Waals surface area contributed by atoms with Crippen molar-refractivity contribution in [2.75, 3.05) is 13.1 Å². The molecule has 0 amide bonds. The molecule has 0 atom stereocenters. The third-order valence-electron chi connectivity index (χ3n) is 2.82. The summed E-state index contributed by atoms with van der Waals surface area (Å²) >= 11 is 5.73. The molecule has 0 radical (unpaired) electrons. The van der Waals surface area contributed by atoms with Gasteiger partial charge in [-0.15, -0.1) is 0 Å². The van der Waals surface area contributed by atoms with Gasteiger partial charge in [0.25, 0.3) is 0 Å². The van der Waals surface area contributed by atoms with Gasteiger partial charge < -0.3 is 5.11 Å². The van der Waals surface area contributed by atoms with E-state index in [4.69, 9.17) is 16.7 Å². The topological polar surface area (TPSA) is 87.6 Å². The summed E-state index contributed by atoms with van der Waals surface area (Å²) < 4.78 is 25.3. The SMILES string of the molecule is Cc1cc(S(=O)(=O)N2CC(C(=O)O)C2)cnc1Cl. The number of hydrogen-bond donors (Lipinski definition) is 1. The van der Waals surface area contributed by atoms with Gasteiger partial charge in [-0.05, 0) is 18.6 Å². The minimum Gasteiger partial charge on any atom is -0.481 e. The maximum absolute atomic E-state index is 12.1. The van der Waals surface area contributed by atoms with Crippen molar-refractivity contribution < 1.29 is 18.3 Å². The van der Waals surface area contributed by atoms with Crippen molar-refractivity contribution in [3.05, 3.63) is 23.0 Å². The Morgan fingerprint density at radius 1 is 1.56 bits per heavy atom. The molecule has 0 aliphatic carbocycles. The van der Waals surface area contributed by atoms with Gasteiger partial charge >= 0.3 is 5.97 Å². The van der Waals surface area contributed by atoms with Gasteiger partial charge in [-0.25, -0.2) is 13.4 Å². The van der Waals surface area contributed by atoms with E-state index in [1.165, 1.54) is 12.3 Å². The Kier molecular flexibility index (Phi) is 3.31. The Morgan fingerprint density at radius 3 is 2.67 bits per heavy atom. The molecule has 18 heavy (non-hydrogen) atoms. The summed E-state index contributed by atoms with van der Waals surface area (Å²) in [6, 6.07) is 1.43. The molecule has 1 aliphatic heterocycles. The fourth-order valence-electron chi connectivity index (χ4n) is 1.61. The van der Waals surface area contributed by atoms with E-state index in [1.807, 2.05) is 0 Å². The number of carbonyl (C=O) groups is 1. The van der Waals surface area contributed by atoms with E-state index < -0.39 is 21.9 Å². The number of aromatic nitrogens is 1. The summed E-state index contributed by atoms with van der Waals surface area (Å²) in [7, 11) is -3.66. The molecule has 8 heteroatoms. The summed E-state index contributed by atoms with van der Waals surface area (Å²) in [4.78, 5) is 14.5. The van der Waals surface area contributed by atoms with Gasteiger partial charge in [-0.1, -0.05) is 11.6 Å². The van der Waals surface area contributed by atoms with Crippen LogP contribution in [0.5, 0.6) is 0 Å². The largest absolute Gasteiger partial charge is 0.481 e. The standard InChI is InChI=1S/C10H11ClN2O4S/c1-6-2-8(3-12-9(6)11)18(16,17)13-4-7(5-13)10(14)15/h2-3,7H,4-5H2,1H3,(H,14,15). The molecule has 2 rings (SSSR count). The quantitative estimate of drug-likeness (QED) is 0.830. The van der Waals surface area contributed by atoms with E-state index in [0.29, 0.717) is 5.56 Å². The highest BCUT2D eigenvalue weighted by Gasteiger charge is 2.40. The van der Waals surface area contributed by atoms with E-state index >= 15 is 0 Å². The van der Waals surface area contributed by atoms with E-state index in [1.54, 1.807) is 6.92 Å². The first kappa shape index (κ1) is 13.3. The first-order valence-electron chi connectivity index (χ1n) is 5.17. The molecule has 0 aromatic carbocycles. The summed E-state index contributed by atoms with van der Waals surface area (Å²) in [5, 5.41) is 8.97. The van der Waals surface area contributed by atoms with Gasteiger partial charge in [-0.2, -0.15) is 4.31 Å². The Morgan fingerprint density at radius 2 is 2.17 bits per heavy atom. The van der Waals surface area contributed by atoms with Crippen LogP contribution in [0, 0.1) is 12.8 Å². The lowest BCUT2D eigenvalue weighted by Crippen LogP contribution is -2.52. The van der Waals surface area contributed by atoms with Crippen molar-refractivity contribution in [3.8, 4) is 0 Å². The lowest BCUT2D eigenvalue weighted by atomic mass is 10.0. The summed E-state index contributed by atoms with van der Waals surface area (Å²) in [5.41, 5.74) is 0.563. The maximum atomic E-state index is 12.1. The molecule has 1 saturated heterocycles. The lowest BCUT2D eigenvalue weighted by Gasteiger charge is -2.35. The lowest BCUT2D eigenvalue weighted by molar-refractivity contribution is -0.145. The zero-order valence-corrected chi connectivity index (χ0v) is 11.1. The zero-order chi connectivity index (χ0) is 13.5. The normalized spacial score (nSPS) is 17.4. The van der Waals surface area contributed by atoms with E-state index in [-0.39, 0.29) is 23.1 Å². The van der Waals surface area contributed by atoms with Crippen LogP contribution >= 0.6 is 11.6 Å². The second-order valence-electron chi connectivity index (χ2n) is 4.14. The monoisotopic (exact) mass is 290 g/mol. The molecule has 98 valence electrons. The number of nitrogens with zero attached hydrogens (tertiary/aromatic N) is 2. The molecule has 0 unspecified atom stereocenters. The van der Waals surface area contributed by atoms with Gasteiger partial charge in [-0.3, -0.25) is 4.79 Å². The molecule has 1 fully saturated rings. The van der Waals surface area contributed by atoms with Crippen LogP contribution < -0.4 is 0 Å². The average Bonchev–Trinajstić information content (AvgIpc) is 2.18. The van der Waals surface area contributed by atoms with Crippen LogP contribution in [0.2, 0.25) is 5.15 Å². The predicted octanol–water partition coefficient (Wildman–Crippen LogP) is 0.749. The molecule has 1 aromatic heterocycles. The van der Waals surface area contributed by atoms with Crippen LogP contribution in [0.15, 0.2) is 17.2 Å². The fourth-order valence-corrected chi connectivity index (χ4v) is 3.28. The molecule has 1 N–H and O–H groups in total.